The van der Waals surface area contributed by atoms with Gasteiger partial charge in [0.25, 0.3) is 5.91 Å². The lowest BCUT2D eigenvalue weighted by Gasteiger charge is -2.24. The molecule has 0 spiro atoms. The van der Waals surface area contributed by atoms with E-state index in [1.165, 1.54) is 38.6 Å². The second-order valence-electron chi connectivity index (χ2n) is 6.56. The Hall–Kier alpha value is -2.33. The first-order valence-corrected chi connectivity index (χ1v) is 9.69. The average Bonchev–Trinajstić information content (AvgIpc) is 3.07. The Balaban J connectivity index is 2.50. The molecule has 10 heteroatoms. The molecule has 0 saturated heterocycles. The van der Waals surface area contributed by atoms with Crippen LogP contribution in [-0.2, 0) is 16.6 Å². The zero-order valence-corrected chi connectivity index (χ0v) is 16.7. The Bertz CT molecular complexity index is 952. The molecule has 0 atom stereocenters. The summed E-state index contributed by atoms with van der Waals surface area (Å²) in [7, 11) is -1.20. The molecule has 0 bridgehead atoms. The minimum Gasteiger partial charge on any atom is -0.467 e. The normalized spacial score (nSPS) is 12.4. The zero-order valence-electron chi connectivity index (χ0n) is 15.9. The smallest absolute Gasteiger partial charge is 0.406 e. The van der Waals surface area contributed by atoms with Crippen molar-refractivity contribution in [2.24, 2.45) is 0 Å². The van der Waals surface area contributed by atoms with Gasteiger partial charge in [-0.15, -0.1) is 0 Å². The fourth-order valence-electron chi connectivity index (χ4n) is 2.60. The molecule has 154 valence electrons. The standard InChI is InChI=1S/C18H21F3N2O4S/c1-12-8-14(9-16(13(12)2)28(25,26)22(3)4)17(24)23(11-18(19,20)21)10-15-6-5-7-27-15/h5-9H,10-11H2,1-4H3. The van der Waals surface area contributed by atoms with Gasteiger partial charge >= 0.3 is 6.18 Å². The van der Waals surface area contributed by atoms with Gasteiger partial charge in [0.1, 0.15) is 12.3 Å². The Morgan fingerprint density at radius 1 is 1.18 bits per heavy atom. The van der Waals surface area contributed by atoms with Crippen molar-refractivity contribution >= 4 is 15.9 Å². The zero-order chi connectivity index (χ0) is 21.3. The number of carbonyl (C=O) groups excluding carboxylic acids is 1. The Morgan fingerprint density at radius 2 is 1.82 bits per heavy atom. The Kier molecular flexibility index (Phi) is 6.24. The first-order chi connectivity index (χ1) is 12.8. The van der Waals surface area contributed by atoms with Crippen molar-refractivity contribution in [3.8, 4) is 0 Å². The number of aryl methyl sites for hydroxylation is 1. The van der Waals surface area contributed by atoms with E-state index in [1.807, 2.05) is 0 Å². The van der Waals surface area contributed by atoms with E-state index in [0.717, 1.165) is 10.4 Å². The predicted molar refractivity (Wildman–Crippen MR) is 96.3 cm³/mol. The van der Waals surface area contributed by atoms with Crippen LogP contribution in [0.3, 0.4) is 0 Å². The van der Waals surface area contributed by atoms with E-state index in [2.05, 4.69) is 0 Å². The SMILES string of the molecule is Cc1cc(C(=O)N(Cc2ccco2)CC(F)(F)F)cc(S(=O)(=O)N(C)C)c1C. The van der Waals surface area contributed by atoms with Gasteiger partial charge in [-0.25, -0.2) is 12.7 Å². The molecule has 28 heavy (non-hydrogen) atoms. The highest BCUT2D eigenvalue weighted by atomic mass is 32.2. The molecule has 0 radical (unpaired) electrons. The lowest BCUT2D eigenvalue weighted by atomic mass is 10.1. The summed E-state index contributed by atoms with van der Waals surface area (Å²) in [6.07, 6.45) is -3.33. The van der Waals surface area contributed by atoms with E-state index in [-0.39, 0.29) is 16.2 Å². The van der Waals surface area contributed by atoms with Crippen molar-refractivity contribution in [1.82, 2.24) is 9.21 Å². The Morgan fingerprint density at radius 3 is 2.32 bits per heavy atom. The first-order valence-electron chi connectivity index (χ1n) is 8.25. The lowest BCUT2D eigenvalue weighted by Crippen LogP contribution is -2.38. The number of carbonyl (C=O) groups is 1. The molecule has 1 aromatic carbocycles. The highest BCUT2D eigenvalue weighted by molar-refractivity contribution is 7.89. The third-order valence-electron chi connectivity index (χ3n) is 4.21. The Labute approximate surface area is 161 Å². The van der Waals surface area contributed by atoms with Crippen LogP contribution in [0.1, 0.15) is 27.2 Å². The summed E-state index contributed by atoms with van der Waals surface area (Å²) in [6, 6.07) is 5.46. The number of benzene rings is 1. The molecular formula is C18H21F3N2O4S. The molecule has 0 unspecified atom stereocenters. The van der Waals surface area contributed by atoms with Gasteiger partial charge in [0.05, 0.1) is 17.7 Å². The molecule has 1 heterocycles. The summed E-state index contributed by atoms with van der Waals surface area (Å²) in [5.41, 5.74) is 0.772. The van der Waals surface area contributed by atoms with Crippen LogP contribution in [0.15, 0.2) is 39.8 Å². The van der Waals surface area contributed by atoms with Crippen LogP contribution in [0, 0.1) is 13.8 Å². The number of alkyl halides is 3. The first kappa shape index (κ1) is 22.0. The molecule has 2 rings (SSSR count). The van der Waals surface area contributed by atoms with Crippen LogP contribution in [0.25, 0.3) is 0 Å². The van der Waals surface area contributed by atoms with Crippen LogP contribution in [0.5, 0.6) is 0 Å². The van der Waals surface area contributed by atoms with Gasteiger partial charge in [-0.3, -0.25) is 4.79 Å². The van der Waals surface area contributed by atoms with Gasteiger partial charge in [-0.1, -0.05) is 0 Å². The summed E-state index contributed by atoms with van der Waals surface area (Å²) in [5, 5.41) is 0. The van der Waals surface area contributed by atoms with Gasteiger partial charge in [-0.05, 0) is 49.2 Å². The molecule has 0 N–H and O–H groups in total. The molecule has 1 amide bonds. The highest BCUT2D eigenvalue weighted by Gasteiger charge is 2.34. The van der Waals surface area contributed by atoms with Crippen molar-refractivity contribution in [3.63, 3.8) is 0 Å². The number of hydrogen-bond acceptors (Lipinski definition) is 4. The minimum absolute atomic E-state index is 0.120. The monoisotopic (exact) mass is 418 g/mol. The van der Waals surface area contributed by atoms with Crippen LogP contribution >= 0.6 is 0 Å². The molecule has 0 aliphatic carbocycles. The van der Waals surface area contributed by atoms with E-state index in [9.17, 15) is 26.4 Å². The molecule has 0 aliphatic rings. The molecule has 2 aromatic rings. The van der Waals surface area contributed by atoms with Crippen molar-refractivity contribution in [3.05, 3.63) is 53.0 Å². The van der Waals surface area contributed by atoms with Crippen molar-refractivity contribution in [2.45, 2.75) is 31.5 Å². The van der Waals surface area contributed by atoms with Crippen LogP contribution in [-0.4, -0.2) is 50.3 Å². The number of rotatable bonds is 6. The third-order valence-corrected chi connectivity index (χ3v) is 6.15. The predicted octanol–water partition coefficient (Wildman–Crippen LogP) is 3.35. The molecule has 6 nitrogen and oxygen atoms in total. The number of nitrogens with zero attached hydrogens (tertiary/aromatic N) is 2. The highest BCUT2D eigenvalue weighted by Crippen LogP contribution is 2.26. The number of furan rings is 1. The second kappa shape index (κ2) is 7.96. The van der Waals surface area contributed by atoms with E-state index in [0.29, 0.717) is 16.0 Å². The molecule has 1 aromatic heterocycles. The fraction of sp³-hybridized carbons (Fsp3) is 0.389. The molecule has 0 saturated carbocycles. The van der Waals surface area contributed by atoms with Crippen molar-refractivity contribution in [2.75, 3.05) is 20.6 Å². The van der Waals surface area contributed by atoms with E-state index in [4.69, 9.17) is 4.42 Å². The number of hydrogen-bond donors (Lipinski definition) is 0. The van der Waals surface area contributed by atoms with E-state index in [1.54, 1.807) is 13.8 Å². The molecule has 0 fully saturated rings. The number of halogens is 3. The molecular weight excluding hydrogens is 397 g/mol. The largest absolute Gasteiger partial charge is 0.467 e. The summed E-state index contributed by atoms with van der Waals surface area (Å²) < 4.78 is 70.1. The van der Waals surface area contributed by atoms with Gasteiger partial charge in [-0.2, -0.15) is 13.2 Å². The third kappa shape index (κ3) is 4.93. The second-order valence-corrected chi connectivity index (χ2v) is 8.68. The van der Waals surface area contributed by atoms with Crippen LogP contribution < -0.4 is 0 Å². The number of sulfonamides is 1. The maximum atomic E-state index is 13.0. The average molecular weight is 418 g/mol. The van der Waals surface area contributed by atoms with Gasteiger partial charge in [0, 0.05) is 19.7 Å². The van der Waals surface area contributed by atoms with E-state index < -0.39 is 35.2 Å². The maximum absolute atomic E-state index is 13.0. The van der Waals surface area contributed by atoms with Gasteiger partial charge < -0.3 is 9.32 Å². The van der Waals surface area contributed by atoms with Crippen molar-refractivity contribution < 1.29 is 30.8 Å². The number of amides is 1. The summed E-state index contributed by atoms with van der Waals surface area (Å²) >= 11 is 0. The van der Waals surface area contributed by atoms with Gasteiger partial charge in [0.15, 0.2) is 0 Å². The minimum atomic E-state index is -4.62. The summed E-state index contributed by atoms with van der Waals surface area (Å²) in [5.74, 6) is -0.755. The topological polar surface area (TPSA) is 70.8 Å². The quantitative estimate of drug-likeness (QED) is 0.721. The van der Waals surface area contributed by atoms with Crippen LogP contribution in [0.4, 0.5) is 13.2 Å². The van der Waals surface area contributed by atoms with Gasteiger partial charge in [0.2, 0.25) is 10.0 Å². The molecule has 0 aliphatic heterocycles. The van der Waals surface area contributed by atoms with E-state index >= 15 is 0 Å². The fourth-order valence-corrected chi connectivity index (χ4v) is 3.82. The van der Waals surface area contributed by atoms with Crippen LogP contribution in [0.2, 0.25) is 0 Å². The summed E-state index contributed by atoms with van der Waals surface area (Å²) in [4.78, 5) is 13.3. The van der Waals surface area contributed by atoms with Crippen molar-refractivity contribution in [1.29, 1.82) is 0 Å². The maximum Gasteiger partial charge on any atom is 0.406 e. The lowest BCUT2D eigenvalue weighted by molar-refractivity contribution is -0.142. The summed E-state index contributed by atoms with van der Waals surface area (Å²) in [6.45, 7) is 1.29.